The third kappa shape index (κ3) is 3.46. The topological polar surface area (TPSA) is 82.5 Å². The Morgan fingerprint density at radius 1 is 1.40 bits per heavy atom. The van der Waals surface area contributed by atoms with Crippen LogP contribution in [0.25, 0.3) is 0 Å². The van der Waals surface area contributed by atoms with Crippen molar-refractivity contribution in [3.05, 3.63) is 30.1 Å². The molecule has 1 fully saturated rings. The first-order valence-electron chi connectivity index (χ1n) is 6.71. The van der Waals surface area contributed by atoms with Crippen LogP contribution in [-0.2, 0) is 11.3 Å². The van der Waals surface area contributed by atoms with Gasteiger partial charge < -0.3 is 15.3 Å². The standard InChI is InChI=1S/C14H19N3O3/c1-17(9-10-5-7-15-8-6-10)14(20)16-12-4-2-3-11(12)13(18)19/h5-8,11-12H,2-4,9H2,1H3,(H,16,20)(H,18,19). The van der Waals surface area contributed by atoms with Gasteiger partial charge in [-0.3, -0.25) is 9.78 Å². The van der Waals surface area contributed by atoms with E-state index >= 15 is 0 Å². The molecule has 0 spiro atoms. The van der Waals surface area contributed by atoms with Gasteiger partial charge in [-0.25, -0.2) is 4.79 Å². The number of carboxylic acid groups (broad SMARTS) is 1. The Balaban J connectivity index is 1.89. The second-order valence-electron chi connectivity index (χ2n) is 5.14. The summed E-state index contributed by atoms with van der Waals surface area (Å²) in [5.41, 5.74) is 0.985. The summed E-state index contributed by atoms with van der Waals surface area (Å²) in [5.74, 6) is -1.29. The molecule has 1 aromatic rings. The zero-order valence-electron chi connectivity index (χ0n) is 11.5. The van der Waals surface area contributed by atoms with Crippen molar-refractivity contribution in [2.24, 2.45) is 5.92 Å². The molecule has 1 aliphatic rings. The molecule has 0 aliphatic heterocycles. The summed E-state index contributed by atoms with van der Waals surface area (Å²) in [4.78, 5) is 28.6. The first-order valence-corrected chi connectivity index (χ1v) is 6.71. The van der Waals surface area contributed by atoms with Gasteiger partial charge in [-0.2, -0.15) is 0 Å². The Bertz CT molecular complexity index is 478. The molecule has 2 rings (SSSR count). The zero-order valence-corrected chi connectivity index (χ0v) is 11.5. The molecule has 0 saturated heterocycles. The lowest BCUT2D eigenvalue weighted by atomic mass is 10.0. The number of pyridine rings is 1. The summed E-state index contributed by atoms with van der Waals surface area (Å²) in [7, 11) is 1.69. The van der Waals surface area contributed by atoms with Crippen LogP contribution in [0.4, 0.5) is 4.79 Å². The summed E-state index contributed by atoms with van der Waals surface area (Å²) < 4.78 is 0. The number of hydrogen-bond acceptors (Lipinski definition) is 3. The lowest BCUT2D eigenvalue weighted by Crippen LogP contribution is -2.45. The van der Waals surface area contributed by atoms with E-state index < -0.39 is 11.9 Å². The molecule has 20 heavy (non-hydrogen) atoms. The quantitative estimate of drug-likeness (QED) is 0.873. The van der Waals surface area contributed by atoms with Gasteiger partial charge in [-0.1, -0.05) is 6.42 Å². The lowest BCUT2D eigenvalue weighted by Gasteiger charge is -2.23. The monoisotopic (exact) mass is 277 g/mol. The van der Waals surface area contributed by atoms with Crippen LogP contribution >= 0.6 is 0 Å². The van der Waals surface area contributed by atoms with E-state index in [0.717, 1.165) is 18.4 Å². The first kappa shape index (κ1) is 14.3. The molecule has 6 heteroatoms. The molecular weight excluding hydrogens is 258 g/mol. The maximum atomic E-state index is 12.1. The van der Waals surface area contributed by atoms with Crippen molar-refractivity contribution in [3.63, 3.8) is 0 Å². The Morgan fingerprint density at radius 2 is 2.10 bits per heavy atom. The Labute approximate surface area is 117 Å². The average Bonchev–Trinajstić information content (AvgIpc) is 2.88. The molecule has 0 aromatic carbocycles. The van der Waals surface area contributed by atoms with Crippen LogP contribution in [0.1, 0.15) is 24.8 Å². The fourth-order valence-electron chi connectivity index (χ4n) is 2.53. The highest BCUT2D eigenvalue weighted by Crippen LogP contribution is 2.25. The summed E-state index contributed by atoms with van der Waals surface area (Å²) in [6.07, 6.45) is 5.56. The minimum atomic E-state index is -0.829. The predicted molar refractivity (Wildman–Crippen MR) is 73.0 cm³/mol. The molecule has 2 N–H and O–H groups in total. The van der Waals surface area contributed by atoms with Gasteiger partial charge in [-0.15, -0.1) is 0 Å². The van der Waals surface area contributed by atoms with Crippen molar-refractivity contribution < 1.29 is 14.7 Å². The van der Waals surface area contributed by atoms with Gasteiger partial charge in [-0.05, 0) is 30.5 Å². The highest BCUT2D eigenvalue weighted by Gasteiger charge is 2.34. The van der Waals surface area contributed by atoms with Crippen molar-refractivity contribution in [1.29, 1.82) is 0 Å². The number of carboxylic acids is 1. The third-order valence-electron chi connectivity index (χ3n) is 3.66. The van der Waals surface area contributed by atoms with E-state index in [1.54, 1.807) is 24.3 Å². The van der Waals surface area contributed by atoms with Crippen LogP contribution in [0, 0.1) is 5.92 Å². The van der Waals surface area contributed by atoms with Gasteiger partial charge in [0.25, 0.3) is 0 Å². The van der Waals surface area contributed by atoms with Gasteiger partial charge >= 0.3 is 12.0 Å². The first-order chi connectivity index (χ1) is 9.58. The number of nitrogens with zero attached hydrogens (tertiary/aromatic N) is 2. The second kappa shape index (κ2) is 6.36. The number of hydrogen-bond donors (Lipinski definition) is 2. The molecular formula is C14H19N3O3. The summed E-state index contributed by atoms with van der Waals surface area (Å²) in [6.45, 7) is 0.471. The van der Waals surface area contributed by atoms with Gasteiger partial charge in [0.1, 0.15) is 0 Å². The minimum Gasteiger partial charge on any atom is -0.481 e. The normalized spacial score (nSPS) is 21.4. The molecule has 2 amide bonds. The van der Waals surface area contributed by atoms with Crippen LogP contribution in [0.5, 0.6) is 0 Å². The highest BCUT2D eigenvalue weighted by molar-refractivity contribution is 5.77. The maximum absolute atomic E-state index is 12.1. The number of nitrogens with one attached hydrogen (secondary N) is 1. The third-order valence-corrected chi connectivity index (χ3v) is 3.66. The van der Waals surface area contributed by atoms with Crippen molar-refractivity contribution in [2.75, 3.05) is 7.05 Å². The van der Waals surface area contributed by atoms with Crippen LogP contribution < -0.4 is 5.32 Å². The molecule has 1 heterocycles. The maximum Gasteiger partial charge on any atom is 0.317 e. The SMILES string of the molecule is CN(Cc1ccncc1)C(=O)NC1CCCC1C(=O)O. The fourth-order valence-corrected chi connectivity index (χ4v) is 2.53. The molecule has 2 atom stereocenters. The summed E-state index contributed by atoms with van der Waals surface area (Å²) in [5, 5.41) is 11.9. The number of urea groups is 1. The highest BCUT2D eigenvalue weighted by atomic mass is 16.4. The number of carbonyl (C=O) groups excluding carboxylic acids is 1. The van der Waals surface area contributed by atoms with E-state index in [0.29, 0.717) is 13.0 Å². The van der Waals surface area contributed by atoms with E-state index in [-0.39, 0.29) is 12.1 Å². The lowest BCUT2D eigenvalue weighted by molar-refractivity contribution is -0.142. The van der Waals surface area contributed by atoms with Crippen molar-refractivity contribution in [1.82, 2.24) is 15.2 Å². The van der Waals surface area contributed by atoms with Gasteiger partial charge in [0.05, 0.1) is 5.92 Å². The van der Waals surface area contributed by atoms with Gasteiger partial charge in [0.15, 0.2) is 0 Å². The van der Waals surface area contributed by atoms with Gasteiger partial charge in [0, 0.05) is 32.0 Å². The number of aliphatic carboxylic acids is 1. The zero-order chi connectivity index (χ0) is 14.5. The van der Waals surface area contributed by atoms with Crippen LogP contribution in [-0.4, -0.2) is 40.1 Å². The Kier molecular flexibility index (Phi) is 4.55. The van der Waals surface area contributed by atoms with E-state index in [1.807, 2.05) is 12.1 Å². The van der Waals surface area contributed by atoms with Gasteiger partial charge in [0.2, 0.25) is 0 Å². The van der Waals surface area contributed by atoms with E-state index in [4.69, 9.17) is 5.11 Å². The number of amides is 2. The van der Waals surface area contributed by atoms with Crippen LogP contribution in [0.3, 0.4) is 0 Å². The van der Waals surface area contributed by atoms with Crippen LogP contribution in [0.15, 0.2) is 24.5 Å². The summed E-state index contributed by atoms with van der Waals surface area (Å²) >= 11 is 0. The fraction of sp³-hybridized carbons (Fsp3) is 0.500. The molecule has 0 radical (unpaired) electrons. The Hall–Kier alpha value is -2.11. The van der Waals surface area contributed by atoms with Crippen molar-refractivity contribution in [3.8, 4) is 0 Å². The van der Waals surface area contributed by atoms with Crippen molar-refractivity contribution >= 4 is 12.0 Å². The molecule has 0 bridgehead atoms. The van der Waals surface area contributed by atoms with E-state index in [1.165, 1.54) is 0 Å². The predicted octanol–water partition coefficient (Wildman–Crippen LogP) is 1.48. The van der Waals surface area contributed by atoms with Crippen molar-refractivity contribution in [2.45, 2.75) is 31.8 Å². The van der Waals surface area contributed by atoms with E-state index in [9.17, 15) is 9.59 Å². The molecule has 1 saturated carbocycles. The second-order valence-corrected chi connectivity index (χ2v) is 5.14. The Morgan fingerprint density at radius 3 is 2.75 bits per heavy atom. The molecule has 2 unspecified atom stereocenters. The van der Waals surface area contributed by atoms with Crippen LogP contribution in [0.2, 0.25) is 0 Å². The van der Waals surface area contributed by atoms with E-state index in [2.05, 4.69) is 10.3 Å². The number of rotatable bonds is 4. The smallest absolute Gasteiger partial charge is 0.317 e. The molecule has 108 valence electrons. The summed E-state index contributed by atoms with van der Waals surface area (Å²) in [6, 6.07) is 3.19. The molecule has 6 nitrogen and oxygen atoms in total. The average molecular weight is 277 g/mol. The largest absolute Gasteiger partial charge is 0.481 e. The number of aromatic nitrogens is 1. The minimum absolute atomic E-state index is 0.236. The number of carbonyl (C=O) groups is 2. The molecule has 1 aromatic heterocycles. The molecule has 1 aliphatic carbocycles.